The molecule has 22 heavy (non-hydrogen) atoms. The smallest absolute Gasteiger partial charge is 0.244 e. The first-order valence-corrected chi connectivity index (χ1v) is 7.62. The van der Waals surface area contributed by atoms with E-state index in [1.807, 2.05) is 6.26 Å². The van der Waals surface area contributed by atoms with E-state index in [0.29, 0.717) is 16.5 Å². The zero-order chi connectivity index (χ0) is 16.1. The van der Waals surface area contributed by atoms with Gasteiger partial charge in [0, 0.05) is 18.3 Å². The number of carbonyl (C=O) groups is 2. The SMILES string of the molecule is CSc1nnc(N)n1CC(=O)Nc1ccc(NC(C)=O)cc1. The minimum absolute atomic E-state index is 0.0302. The summed E-state index contributed by atoms with van der Waals surface area (Å²) in [6.45, 7) is 1.46. The quantitative estimate of drug-likeness (QED) is 0.713. The van der Waals surface area contributed by atoms with Crippen molar-refractivity contribution in [2.45, 2.75) is 18.6 Å². The number of nitrogens with one attached hydrogen (secondary N) is 2. The summed E-state index contributed by atoms with van der Waals surface area (Å²) in [4.78, 5) is 23.0. The predicted octanol–water partition coefficient (Wildman–Crippen LogP) is 1.18. The Bertz CT molecular complexity index is 682. The molecule has 0 atom stereocenters. The van der Waals surface area contributed by atoms with Crippen molar-refractivity contribution in [1.82, 2.24) is 14.8 Å². The highest BCUT2D eigenvalue weighted by atomic mass is 32.2. The van der Waals surface area contributed by atoms with Gasteiger partial charge in [0.25, 0.3) is 0 Å². The average Bonchev–Trinajstić information content (AvgIpc) is 2.81. The van der Waals surface area contributed by atoms with Gasteiger partial charge in [0.05, 0.1) is 0 Å². The zero-order valence-corrected chi connectivity index (χ0v) is 13.0. The van der Waals surface area contributed by atoms with Gasteiger partial charge in [-0.05, 0) is 30.5 Å². The fourth-order valence-electron chi connectivity index (χ4n) is 1.78. The lowest BCUT2D eigenvalue weighted by Gasteiger charge is -2.09. The number of nitrogens with two attached hydrogens (primary N) is 1. The monoisotopic (exact) mass is 320 g/mol. The number of aromatic nitrogens is 3. The Morgan fingerprint density at radius 2 is 1.77 bits per heavy atom. The van der Waals surface area contributed by atoms with Gasteiger partial charge in [-0.3, -0.25) is 14.2 Å². The molecular weight excluding hydrogens is 304 g/mol. The second-order valence-corrected chi connectivity index (χ2v) is 5.21. The average molecular weight is 320 g/mol. The number of benzene rings is 1. The summed E-state index contributed by atoms with van der Waals surface area (Å²) in [6.07, 6.45) is 1.83. The summed E-state index contributed by atoms with van der Waals surface area (Å²) in [6, 6.07) is 6.82. The molecule has 0 unspecified atom stereocenters. The first-order valence-electron chi connectivity index (χ1n) is 6.39. The molecule has 0 radical (unpaired) electrons. The summed E-state index contributed by atoms with van der Waals surface area (Å²) in [7, 11) is 0. The summed E-state index contributed by atoms with van der Waals surface area (Å²) in [5.74, 6) is -0.195. The molecule has 1 aromatic carbocycles. The van der Waals surface area contributed by atoms with Crippen molar-refractivity contribution in [3.05, 3.63) is 24.3 Å². The van der Waals surface area contributed by atoms with Gasteiger partial charge in [-0.1, -0.05) is 11.8 Å². The molecule has 1 aromatic heterocycles. The summed E-state index contributed by atoms with van der Waals surface area (Å²) in [5.41, 5.74) is 6.97. The number of hydrogen-bond acceptors (Lipinski definition) is 6. The van der Waals surface area contributed by atoms with Crippen LogP contribution in [0.5, 0.6) is 0 Å². The Morgan fingerprint density at radius 3 is 2.32 bits per heavy atom. The molecule has 0 spiro atoms. The Labute approximate surface area is 131 Å². The molecule has 0 aliphatic carbocycles. The molecule has 0 bridgehead atoms. The molecule has 2 aromatic rings. The van der Waals surface area contributed by atoms with Gasteiger partial charge >= 0.3 is 0 Å². The van der Waals surface area contributed by atoms with E-state index in [1.54, 1.807) is 24.3 Å². The van der Waals surface area contributed by atoms with Gasteiger partial charge < -0.3 is 16.4 Å². The van der Waals surface area contributed by atoms with Crippen LogP contribution in [0, 0.1) is 0 Å². The van der Waals surface area contributed by atoms with Gasteiger partial charge in [0.1, 0.15) is 6.54 Å². The molecule has 0 aliphatic rings. The molecule has 0 saturated carbocycles. The fraction of sp³-hybridized carbons (Fsp3) is 0.231. The minimum atomic E-state index is -0.242. The highest BCUT2D eigenvalue weighted by molar-refractivity contribution is 7.98. The molecule has 8 nitrogen and oxygen atoms in total. The maximum Gasteiger partial charge on any atom is 0.244 e. The van der Waals surface area contributed by atoms with Gasteiger partial charge in [-0.2, -0.15) is 0 Å². The largest absolute Gasteiger partial charge is 0.368 e. The standard InChI is InChI=1S/C13H16N6O2S/c1-8(20)15-9-3-5-10(6-4-9)16-11(21)7-19-12(14)17-18-13(19)22-2/h3-6H,7H2,1-2H3,(H2,14,17)(H,15,20)(H,16,21). The van der Waals surface area contributed by atoms with Gasteiger partial charge in [-0.25, -0.2) is 0 Å². The van der Waals surface area contributed by atoms with E-state index in [4.69, 9.17) is 5.73 Å². The predicted molar refractivity (Wildman–Crippen MR) is 85.6 cm³/mol. The number of amides is 2. The summed E-state index contributed by atoms with van der Waals surface area (Å²) in [5, 5.41) is 13.6. The fourth-order valence-corrected chi connectivity index (χ4v) is 2.28. The molecule has 4 N–H and O–H groups in total. The van der Waals surface area contributed by atoms with Gasteiger partial charge in [0.2, 0.25) is 17.8 Å². The van der Waals surface area contributed by atoms with Gasteiger partial charge in [-0.15, -0.1) is 10.2 Å². The second kappa shape index (κ2) is 6.94. The molecule has 0 aliphatic heterocycles. The number of rotatable bonds is 5. The van der Waals surface area contributed by atoms with Crippen LogP contribution in [0.25, 0.3) is 0 Å². The zero-order valence-electron chi connectivity index (χ0n) is 12.2. The number of nitrogens with zero attached hydrogens (tertiary/aromatic N) is 3. The number of thioether (sulfide) groups is 1. The van der Waals surface area contributed by atoms with E-state index in [9.17, 15) is 9.59 Å². The third-order valence-electron chi connectivity index (χ3n) is 2.72. The number of anilines is 3. The lowest BCUT2D eigenvalue weighted by Crippen LogP contribution is -2.20. The minimum Gasteiger partial charge on any atom is -0.368 e. The van der Waals surface area contributed by atoms with E-state index in [-0.39, 0.29) is 24.3 Å². The van der Waals surface area contributed by atoms with Crippen LogP contribution < -0.4 is 16.4 Å². The van der Waals surface area contributed by atoms with Crippen molar-refractivity contribution >= 4 is 40.9 Å². The number of nitrogen functional groups attached to an aromatic ring is 1. The molecule has 1 heterocycles. The van der Waals surface area contributed by atoms with Crippen molar-refractivity contribution in [3.8, 4) is 0 Å². The van der Waals surface area contributed by atoms with Crippen LogP contribution in [-0.2, 0) is 16.1 Å². The molecule has 9 heteroatoms. The third kappa shape index (κ3) is 3.98. The topological polar surface area (TPSA) is 115 Å². The Kier molecular flexibility index (Phi) is 4.99. The Balaban J connectivity index is 2.00. The van der Waals surface area contributed by atoms with Crippen LogP contribution >= 0.6 is 11.8 Å². The maximum atomic E-state index is 12.0. The summed E-state index contributed by atoms with van der Waals surface area (Å²) >= 11 is 1.36. The molecule has 2 amide bonds. The molecule has 0 saturated heterocycles. The first kappa shape index (κ1) is 15.8. The van der Waals surface area contributed by atoms with E-state index in [1.165, 1.54) is 23.3 Å². The van der Waals surface area contributed by atoms with E-state index >= 15 is 0 Å². The highest BCUT2D eigenvalue weighted by Gasteiger charge is 2.12. The van der Waals surface area contributed by atoms with Gasteiger partial charge in [0.15, 0.2) is 5.16 Å². The van der Waals surface area contributed by atoms with Crippen molar-refractivity contribution in [2.75, 3.05) is 22.6 Å². The van der Waals surface area contributed by atoms with Crippen LogP contribution in [-0.4, -0.2) is 32.8 Å². The Hall–Kier alpha value is -2.55. The lowest BCUT2D eigenvalue weighted by atomic mass is 10.2. The summed E-state index contributed by atoms with van der Waals surface area (Å²) < 4.78 is 1.53. The molecule has 116 valence electrons. The molecular formula is C13H16N6O2S. The van der Waals surface area contributed by atoms with Crippen molar-refractivity contribution < 1.29 is 9.59 Å². The van der Waals surface area contributed by atoms with Crippen molar-refractivity contribution in [2.24, 2.45) is 0 Å². The van der Waals surface area contributed by atoms with Crippen molar-refractivity contribution in [1.29, 1.82) is 0 Å². The number of hydrogen-bond donors (Lipinski definition) is 3. The van der Waals surface area contributed by atoms with Crippen LogP contribution in [0.1, 0.15) is 6.92 Å². The van der Waals surface area contributed by atoms with Crippen LogP contribution in [0.3, 0.4) is 0 Å². The van der Waals surface area contributed by atoms with Crippen LogP contribution in [0.4, 0.5) is 17.3 Å². The normalized spacial score (nSPS) is 10.3. The highest BCUT2D eigenvalue weighted by Crippen LogP contribution is 2.16. The Morgan fingerprint density at radius 1 is 1.18 bits per heavy atom. The van der Waals surface area contributed by atoms with Crippen LogP contribution in [0.2, 0.25) is 0 Å². The van der Waals surface area contributed by atoms with Crippen LogP contribution in [0.15, 0.2) is 29.4 Å². The maximum absolute atomic E-state index is 12.0. The van der Waals surface area contributed by atoms with E-state index in [2.05, 4.69) is 20.8 Å². The van der Waals surface area contributed by atoms with E-state index in [0.717, 1.165) is 0 Å². The second-order valence-electron chi connectivity index (χ2n) is 4.44. The third-order valence-corrected chi connectivity index (χ3v) is 3.39. The first-order chi connectivity index (χ1) is 10.5. The lowest BCUT2D eigenvalue weighted by molar-refractivity contribution is -0.117. The van der Waals surface area contributed by atoms with Crippen molar-refractivity contribution in [3.63, 3.8) is 0 Å². The van der Waals surface area contributed by atoms with E-state index < -0.39 is 0 Å². The molecule has 0 fully saturated rings. The molecule has 2 rings (SSSR count). The number of carbonyl (C=O) groups excluding carboxylic acids is 2.